The standard InChI is InChI=1S/C12H19NO4/c1-8(14)10(7-11(15)16)13-12(17)9-5-3-2-4-6-9/h9-10H,2-7H2,1H3,(H,13,17)(H,15,16). The molecule has 1 unspecified atom stereocenters. The molecule has 0 aromatic rings. The van der Waals surface area contributed by atoms with Crippen molar-refractivity contribution in [2.24, 2.45) is 5.92 Å². The van der Waals surface area contributed by atoms with Crippen molar-refractivity contribution in [2.75, 3.05) is 0 Å². The minimum Gasteiger partial charge on any atom is -0.481 e. The molecule has 1 amide bonds. The Morgan fingerprint density at radius 3 is 2.29 bits per heavy atom. The van der Waals surface area contributed by atoms with Gasteiger partial charge in [0.15, 0.2) is 5.78 Å². The largest absolute Gasteiger partial charge is 0.481 e. The topological polar surface area (TPSA) is 83.5 Å². The van der Waals surface area contributed by atoms with Crippen LogP contribution in [-0.4, -0.2) is 28.8 Å². The number of carbonyl (C=O) groups excluding carboxylic acids is 2. The SMILES string of the molecule is CC(=O)C(CC(=O)O)NC(=O)C1CCCCC1. The van der Waals surface area contributed by atoms with Crippen LogP contribution in [0, 0.1) is 5.92 Å². The monoisotopic (exact) mass is 241 g/mol. The minimum absolute atomic E-state index is 0.0561. The van der Waals surface area contributed by atoms with Crippen LogP contribution in [0.2, 0.25) is 0 Å². The second kappa shape index (κ2) is 6.37. The molecule has 1 rings (SSSR count). The first-order valence-electron chi connectivity index (χ1n) is 6.03. The third-order valence-electron chi connectivity index (χ3n) is 3.16. The lowest BCUT2D eigenvalue weighted by molar-refractivity contribution is -0.140. The zero-order valence-electron chi connectivity index (χ0n) is 10.1. The van der Waals surface area contributed by atoms with Crippen LogP contribution in [0.15, 0.2) is 0 Å². The molecule has 0 saturated heterocycles. The summed E-state index contributed by atoms with van der Waals surface area (Å²) in [4.78, 5) is 33.6. The first-order chi connectivity index (χ1) is 8.00. The molecule has 1 aliphatic carbocycles. The predicted octanol–water partition coefficient (Wildman–Crippen LogP) is 1.12. The molecule has 0 spiro atoms. The summed E-state index contributed by atoms with van der Waals surface area (Å²) in [5.74, 6) is -1.61. The van der Waals surface area contributed by atoms with Crippen molar-refractivity contribution in [2.45, 2.75) is 51.5 Å². The van der Waals surface area contributed by atoms with Crippen molar-refractivity contribution in [1.29, 1.82) is 0 Å². The number of carboxylic acids is 1. The quantitative estimate of drug-likeness (QED) is 0.755. The van der Waals surface area contributed by atoms with Gasteiger partial charge in [-0.3, -0.25) is 14.4 Å². The molecule has 1 fully saturated rings. The lowest BCUT2D eigenvalue weighted by Crippen LogP contribution is -2.44. The molecule has 0 aliphatic heterocycles. The Labute approximate surface area is 101 Å². The zero-order valence-corrected chi connectivity index (χ0v) is 10.1. The summed E-state index contributed by atoms with van der Waals surface area (Å²) in [6.45, 7) is 1.30. The second-order valence-corrected chi connectivity index (χ2v) is 4.60. The Morgan fingerprint density at radius 2 is 1.82 bits per heavy atom. The van der Waals surface area contributed by atoms with Gasteiger partial charge in [-0.15, -0.1) is 0 Å². The van der Waals surface area contributed by atoms with Gasteiger partial charge in [-0.25, -0.2) is 0 Å². The number of aliphatic carboxylic acids is 1. The lowest BCUT2D eigenvalue weighted by Gasteiger charge is -2.23. The molecule has 5 nitrogen and oxygen atoms in total. The average Bonchev–Trinajstić information content (AvgIpc) is 2.28. The molecule has 0 radical (unpaired) electrons. The average molecular weight is 241 g/mol. The summed E-state index contributed by atoms with van der Waals surface area (Å²) in [6, 6.07) is -0.887. The summed E-state index contributed by atoms with van der Waals surface area (Å²) in [6.07, 6.45) is 4.54. The molecule has 0 bridgehead atoms. The van der Waals surface area contributed by atoms with E-state index in [-0.39, 0.29) is 24.0 Å². The van der Waals surface area contributed by atoms with Gasteiger partial charge in [0.05, 0.1) is 12.5 Å². The predicted molar refractivity (Wildman–Crippen MR) is 61.4 cm³/mol. The van der Waals surface area contributed by atoms with E-state index in [9.17, 15) is 14.4 Å². The van der Waals surface area contributed by atoms with Gasteiger partial charge in [0.2, 0.25) is 5.91 Å². The van der Waals surface area contributed by atoms with E-state index in [0.29, 0.717) is 0 Å². The third kappa shape index (κ3) is 4.54. The molecule has 0 aromatic heterocycles. The highest BCUT2D eigenvalue weighted by Gasteiger charge is 2.26. The molecule has 5 heteroatoms. The Morgan fingerprint density at radius 1 is 1.24 bits per heavy atom. The zero-order chi connectivity index (χ0) is 12.8. The number of ketones is 1. The Balaban J connectivity index is 2.50. The van der Waals surface area contributed by atoms with E-state index in [4.69, 9.17) is 5.11 Å². The summed E-state index contributed by atoms with van der Waals surface area (Å²) in [5.41, 5.74) is 0. The van der Waals surface area contributed by atoms with E-state index in [0.717, 1.165) is 32.1 Å². The smallest absolute Gasteiger partial charge is 0.305 e. The van der Waals surface area contributed by atoms with Crippen molar-refractivity contribution < 1.29 is 19.5 Å². The summed E-state index contributed by atoms with van der Waals surface area (Å²) in [5, 5.41) is 11.2. The molecule has 0 aromatic carbocycles. The first-order valence-corrected chi connectivity index (χ1v) is 6.03. The fourth-order valence-corrected chi connectivity index (χ4v) is 2.13. The molecule has 0 heterocycles. The highest BCUT2D eigenvalue weighted by atomic mass is 16.4. The van der Waals surface area contributed by atoms with Crippen LogP contribution >= 0.6 is 0 Å². The van der Waals surface area contributed by atoms with Crippen LogP contribution in [-0.2, 0) is 14.4 Å². The molecule has 1 atom stereocenters. The minimum atomic E-state index is -1.07. The van der Waals surface area contributed by atoms with Gasteiger partial charge in [-0.1, -0.05) is 19.3 Å². The number of nitrogens with one attached hydrogen (secondary N) is 1. The van der Waals surface area contributed by atoms with Gasteiger partial charge in [-0.2, -0.15) is 0 Å². The Hall–Kier alpha value is -1.39. The molecular formula is C12H19NO4. The molecular weight excluding hydrogens is 222 g/mol. The number of hydrogen-bond donors (Lipinski definition) is 2. The maximum atomic E-state index is 11.8. The fourth-order valence-electron chi connectivity index (χ4n) is 2.13. The summed E-state index contributed by atoms with van der Waals surface area (Å²) in [7, 11) is 0. The van der Waals surface area contributed by atoms with Gasteiger partial charge in [-0.05, 0) is 19.8 Å². The van der Waals surface area contributed by atoms with Crippen LogP contribution < -0.4 is 5.32 Å². The number of amides is 1. The van der Waals surface area contributed by atoms with Crippen LogP contribution in [0.4, 0.5) is 0 Å². The van der Waals surface area contributed by atoms with E-state index >= 15 is 0 Å². The van der Waals surface area contributed by atoms with Crippen molar-refractivity contribution in [3.8, 4) is 0 Å². The number of hydrogen-bond acceptors (Lipinski definition) is 3. The van der Waals surface area contributed by atoms with E-state index in [1.807, 2.05) is 0 Å². The Kier molecular flexibility index (Phi) is 5.12. The van der Waals surface area contributed by atoms with Gasteiger partial charge >= 0.3 is 5.97 Å². The number of carboxylic acid groups (broad SMARTS) is 1. The normalized spacial score (nSPS) is 18.4. The highest BCUT2D eigenvalue weighted by Crippen LogP contribution is 2.23. The van der Waals surface area contributed by atoms with Crippen molar-refractivity contribution in [3.63, 3.8) is 0 Å². The van der Waals surface area contributed by atoms with Gasteiger partial charge in [0.25, 0.3) is 0 Å². The molecule has 17 heavy (non-hydrogen) atoms. The fraction of sp³-hybridized carbons (Fsp3) is 0.750. The number of carbonyl (C=O) groups is 3. The van der Waals surface area contributed by atoms with Crippen LogP contribution in [0.25, 0.3) is 0 Å². The van der Waals surface area contributed by atoms with Gasteiger partial charge < -0.3 is 10.4 Å². The van der Waals surface area contributed by atoms with Gasteiger partial charge in [0, 0.05) is 5.92 Å². The summed E-state index contributed by atoms with van der Waals surface area (Å²) < 4.78 is 0. The van der Waals surface area contributed by atoms with Crippen molar-refractivity contribution in [1.82, 2.24) is 5.32 Å². The number of rotatable bonds is 5. The molecule has 2 N–H and O–H groups in total. The second-order valence-electron chi connectivity index (χ2n) is 4.60. The van der Waals surface area contributed by atoms with Crippen molar-refractivity contribution in [3.05, 3.63) is 0 Å². The molecule has 1 saturated carbocycles. The van der Waals surface area contributed by atoms with Crippen LogP contribution in [0.3, 0.4) is 0 Å². The highest BCUT2D eigenvalue weighted by molar-refractivity contribution is 5.91. The summed E-state index contributed by atoms with van der Waals surface area (Å²) >= 11 is 0. The molecule has 96 valence electrons. The van der Waals surface area contributed by atoms with Crippen LogP contribution in [0.5, 0.6) is 0 Å². The van der Waals surface area contributed by atoms with Crippen LogP contribution in [0.1, 0.15) is 45.4 Å². The third-order valence-corrected chi connectivity index (χ3v) is 3.16. The first kappa shape index (κ1) is 13.7. The Bertz CT molecular complexity index is 308. The van der Waals surface area contributed by atoms with E-state index in [1.54, 1.807) is 0 Å². The molecule has 1 aliphatic rings. The van der Waals surface area contributed by atoms with Crippen molar-refractivity contribution >= 4 is 17.7 Å². The van der Waals surface area contributed by atoms with E-state index in [1.165, 1.54) is 6.92 Å². The number of Topliss-reactive ketones (excluding diaryl/α,β-unsaturated/α-hetero) is 1. The maximum Gasteiger partial charge on any atom is 0.305 e. The lowest BCUT2D eigenvalue weighted by atomic mass is 9.88. The van der Waals surface area contributed by atoms with E-state index in [2.05, 4.69) is 5.32 Å². The maximum absolute atomic E-state index is 11.8. The van der Waals surface area contributed by atoms with Gasteiger partial charge in [0.1, 0.15) is 0 Å². The van der Waals surface area contributed by atoms with E-state index < -0.39 is 12.0 Å².